The Bertz CT molecular complexity index is 497. The van der Waals surface area contributed by atoms with Crippen LogP contribution in [0.15, 0.2) is 29.3 Å². The van der Waals surface area contributed by atoms with E-state index < -0.39 is 0 Å². The van der Waals surface area contributed by atoms with Gasteiger partial charge in [-0.3, -0.25) is 4.99 Å². The Morgan fingerprint density at radius 1 is 1.33 bits per heavy atom. The normalized spacial score (nSPS) is 18.8. The van der Waals surface area contributed by atoms with Crippen molar-refractivity contribution < 1.29 is 4.74 Å². The molecule has 0 saturated carbocycles. The Balaban J connectivity index is 2.22. The molecule has 1 aromatic rings. The lowest BCUT2D eigenvalue weighted by Gasteiger charge is -2.36. The lowest BCUT2D eigenvalue weighted by molar-refractivity contribution is 0.104. The fourth-order valence-corrected chi connectivity index (χ4v) is 2.91. The van der Waals surface area contributed by atoms with Crippen LogP contribution >= 0.6 is 11.6 Å². The first-order valence-corrected chi connectivity index (χ1v) is 8.17. The summed E-state index contributed by atoms with van der Waals surface area (Å²) in [6, 6.07) is 7.82. The van der Waals surface area contributed by atoms with Crippen molar-refractivity contribution in [2.75, 3.05) is 19.7 Å². The largest absolute Gasteiger partial charge is 0.371 e. The second kappa shape index (κ2) is 7.28. The molecule has 0 spiro atoms. The molecule has 0 radical (unpaired) electrons. The molecule has 0 aromatic heterocycles. The average molecular weight is 309 g/mol. The molecular formula is C17H25ClN2O. The fraction of sp³-hybridized carbons (Fsp3) is 0.588. The monoisotopic (exact) mass is 308 g/mol. The van der Waals surface area contributed by atoms with Gasteiger partial charge < -0.3 is 10.1 Å². The molecule has 0 bridgehead atoms. The van der Waals surface area contributed by atoms with Crippen molar-refractivity contribution in [2.45, 2.75) is 39.7 Å². The number of aliphatic imine (C=N–C) groups is 1. The third-order valence-electron chi connectivity index (χ3n) is 4.46. The lowest BCUT2D eigenvalue weighted by Crippen LogP contribution is -2.46. The van der Waals surface area contributed by atoms with E-state index in [-0.39, 0.29) is 11.5 Å². The minimum atomic E-state index is -0.152. The van der Waals surface area contributed by atoms with Gasteiger partial charge in [0.25, 0.3) is 0 Å². The van der Waals surface area contributed by atoms with E-state index in [1.165, 1.54) is 0 Å². The molecule has 4 heteroatoms. The van der Waals surface area contributed by atoms with Gasteiger partial charge in [-0.1, -0.05) is 37.6 Å². The van der Waals surface area contributed by atoms with Crippen molar-refractivity contribution in [1.82, 2.24) is 5.32 Å². The number of ether oxygens (including phenoxy) is 1. The zero-order chi connectivity index (χ0) is 15.3. The summed E-state index contributed by atoms with van der Waals surface area (Å²) in [5, 5.41) is 4.22. The van der Waals surface area contributed by atoms with Crippen LogP contribution in [-0.2, 0) is 4.74 Å². The van der Waals surface area contributed by atoms with Gasteiger partial charge in [-0.05, 0) is 37.5 Å². The van der Waals surface area contributed by atoms with Crippen LogP contribution in [0.5, 0.6) is 0 Å². The third kappa shape index (κ3) is 3.78. The van der Waals surface area contributed by atoms with E-state index in [2.05, 4.69) is 19.2 Å². The van der Waals surface area contributed by atoms with Crippen LogP contribution in [0.25, 0.3) is 0 Å². The molecule has 1 heterocycles. The van der Waals surface area contributed by atoms with Crippen molar-refractivity contribution in [3.63, 3.8) is 0 Å². The summed E-state index contributed by atoms with van der Waals surface area (Å²) >= 11 is 6.10. The Morgan fingerprint density at radius 2 is 2.10 bits per heavy atom. The van der Waals surface area contributed by atoms with Gasteiger partial charge in [0.2, 0.25) is 0 Å². The van der Waals surface area contributed by atoms with E-state index in [1.54, 1.807) is 0 Å². The third-order valence-corrected chi connectivity index (χ3v) is 4.70. The van der Waals surface area contributed by atoms with Crippen molar-refractivity contribution in [1.29, 1.82) is 0 Å². The summed E-state index contributed by atoms with van der Waals surface area (Å²) in [4.78, 5) is 4.79. The molecule has 1 N–H and O–H groups in total. The highest BCUT2D eigenvalue weighted by Gasteiger charge is 2.32. The van der Waals surface area contributed by atoms with Crippen LogP contribution in [0.3, 0.4) is 0 Å². The molecule has 1 aliphatic rings. The topological polar surface area (TPSA) is 33.6 Å². The van der Waals surface area contributed by atoms with E-state index in [9.17, 15) is 0 Å². The highest BCUT2D eigenvalue weighted by atomic mass is 35.5. The summed E-state index contributed by atoms with van der Waals surface area (Å²) in [7, 11) is 0. The number of hydrogen-bond donors (Lipinski definition) is 1. The molecule has 116 valence electrons. The Labute approximate surface area is 132 Å². The lowest BCUT2D eigenvalue weighted by atomic mass is 9.81. The number of benzene rings is 1. The average Bonchev–Trinajstić information content (AvgIpc) is 2.53. The number of halogens is 1. The standard InChI is InChI=1S/C17H25ClN2O/c1-4-17(5-2)11-19-16(20-12-17)15(21-6-3)13-8-7-9-14(18)10-13/h7-10,15H,4-6,11-12H2,1-3H3,(H,19,20)/t15-/m0/s1. The van der Waals surface area contributed by atoms with Crippen LogP contribution in [0.2, 0.25) is 5.02 Å². The molecule has 2 rings (SSSR count). The zero-order valence-corrected chi connectivity index (χ0v) is 13.9. The second-order valence-electron chi connectivity index (χ2n) is 5.65. The SMILES string of the molecule is CCO[C@H](C1=NCC(CC)(CC)CN1)c1cccc(Cl)c1. The van der Waals surface area contributed by atoms with Gasteiger partial charge in [-0.25, -0.2) is 0 Å². The highest BCUT2D eigenvalue weighted by molar-refractivity contribution is 6.30. The van der Waals surface area contributed by atoms with E-state index in [0.29, 0.717) is 6.61 Å². The minimum Gasteiger partial charge on any atom is -0.371 e. The maximum Gasteiger partial charge on any atom is 0.139 e. The molecule has 0 amide bonds. The molecule has 1 aliphatic heterocycles. The Hall–Kier alpha value is -1.06. The molecule has 0 saturated heterocycles. The zero-order valence-electron chi connectivity index (χ0n) is 13.2. The highest BCUT2D eigenvalue weighted by Crippen LogP contribution is 2.30. The van der Waals surface area contributed by atoms with E-state index in [0.717, 1.165) is 42.4 Å². The summed E-state index contributed by atoms with van der Waals surface area (Å²) in [5.74, 6) is 0.927. The van der Waals surface area contributed by atoms with Gasteiger partial charge in [0.1, 0.15) is 11.9 Å². The first-order valence-electron chi connectivity index (χ1n) is 7.79. The van der Waals surface area contributed by atoms with Gasteiger partial charge in [-0.15, -0.1) is 0 Å². The van der Waals surface area contributed by atoms with E-state index in [1.807, 2.05) is 31.2 Å². The van der Waals surface area contributed by atoms with Crippen molar-refractivity contribution >= 4 is 17.4 Å². The fourth-order valence-electron chi connectivity index (χ4n) is 2.71. The van der Waals surface area contributed by atoms with Crippen molar-refractivity contribution in [3.05, 3.63) is 34.9 Å². The van der Waals surface area contributed by atoms with Gasteiger partial charge in [0.05, 0.1) is 0 Å². The minimum absolute atomic E-state index is 0.152. The number of hydrogen-bond acceptors (Lipinski definition) is 3. The molecule has 0 aliphatic carbocycles. The molecule has 1 atom stereocenters. The van der Waals surface area contributed by atoms with Crippen LogP contribution < -0.4 is 5.32 Å². The second-order valence-corrected chi connectivity index (χ2v) is 6.09. The predicted octanol–water partition coefficient (Wildman–Crippen LogP) is 4.23. The Morgan fingerprint density at radius 3 is 2.62 bits per heavy atom. The number of nitrogens with one attached hydrogen (secondary N) is 1. The summed E-state index contributed by atoms with van der Waals surface area (Å²) in [6.07, 6.45) is 2.13. The number of nitrogens with zero attached hydrogens (tertiary/aromatic N) is 1. The van der Waals surface area contributed by atoms with Crippen molar-refractivity contribution in [3.8, 4) is 0 Å². The predicted molar refractivity (Wildman–Crippen MR) is 89.1 cm³/mol. The Kier molecular flexibility index (Phi) is 5.65. The maximum absolute atomic E-state index is 6.10. The van der Waals surface area contributed by atoms with Gasteiger partial charge >= 0.3 is 0 Å². The van der Waals surface area contributed by atoms with E-state index in [4.69, 9.17) is 21.3 Å². The quantitative estimate of drug-likeness (QED) is 0.853. The molecule has 0 unspecified atom stereocenters. The number of amidine groups is 1. The van der Waals surface area contributed by atoms with Gasteiger partial charge in [-0.2, -0.15) is 0 Å². The van der Waals surface area contributed by atoms with E-state index >= 15 is 0 Å². The molecule has 21 heavy (non-hydrogen) atoms. The summed E-state index contributed by atoms with van der Waals surface area (Å²) in [5.41, 5.74) is 1.34. The molecule has 0 fully saturated rings. The summed E-state index contributed by atoms with van der Waals surface area (Å²) < 4.78 is 5.91. The molecule has 3 nitrogen and oxygen atoms in total. The van der Waals surface area contributed by atoms with Crippen LogP contribution in [0, 0.1) is 5.41 Å². The van der Waals surface area contributed by atoms with Gasteiger partial charge in [0, 0.05) is 30.1 Å². The smallest absolute Gasteiger partial charge is 0.139 e. The number of rotatable bonds is 6. The van der Waals surface area contributed by atoms with Crippen LogP contribution in [0.4, 0.5) is 0 Å². The first kappa shape index (κ1) is 16.3. The first-order chi connectivity index (χ1) is 10.1. The van der Waals surface area contributed by atoms with Crippen LogP contribution in [0.1, 0.15) is 45.3 Å². The maximum atomic E-state index is 6.10. The molecule has 1 aromatic carbocycles. The molecular weight excluding hydrogens is 284 g/mol. The van der Waals surface area contributed by atoms with Gasteiger partial charge in [0.15, 0.2) is 0 Å². The van der Waals surface area contributed by atoms with Crippen LogP contribution in [-0.4, -0.2) is 25.5 Å². The van der Waals surface area contributed by atoms with Crippen molar-refractivity contribution in [2.24, 2.45) is 10.4 Å². The summed E-state index contributed by atoms with van der Waals surface area (Å²) in [6.45, 7) is 8.95.